The molecule has 0 spiro atoms. The number of para-hydroxylation sites is 5. The van der Waals surface area contributed by atoms with Crippen molar-refractivity contribution >= 4 is 65.4 Å². The first kappa shape index (κ1) is 18.6. The van der Waals surface area contributed by atoms with Crippen LogP contribution in [-0.2, 0) is 0 Å². The van der Waals surface area contributed by atoms with Gasteiger partial charge in [0, 0.05) is 43.7 Å². The standard InChI is InChI=1S/C42H27N3/c1-2-13-28(14-3-1)43-38-22-11-7-18-34(38)42-39(43)23-12-24-40(42)45-37-21-10-6-17-32(37)33-26-25-29(27-41(33)45)44-35-19-8-4-15-30(35)31-16-5-9-20-36(31)44/h1-27H/i6D,10D,17D,21D,25D,26D,27D. The summed E-state index contributed by atoms with van der Waals surface area (Å²) < 4.78 is 70.6. The zero-order chi connectivity index (χ0) is 35.6. The summed E-state index contributed by atoms with van der Waals surface area (Å²) in [6, 6.07) is 37.6. The maximum Gasteiger partial charge on any atom is 0.0667 e. The van der Waals surface area contributed by atoms with Gasteiger partial charge in [-0.05, 0) is 60.6 Å². The second kappa shape index (κ2) is 9.22. The highest BCUT2D eigenvalue weighted by molar-refractivity contribution is 6.17. The van der Waals surface area contributed by atoms with Gasteiger partial charge in [0.25, 0.3) is 0 Å². The number of nitrogens with zero attached hydrogens (tertiary/aromatic N) is 3. The minimum Gasteiger partial charge on any atom is -0.309 e. The van der Waals surface area contributed by atoms with Crippen molar-refractivity contribution in [3.63, 3.8) is 0 Å². The van der Waals surface area contributed by atoms with Gasteiger partial charge in [-0.15, -0.1) is 0 Å². The molecule has 0 amide bonds. The highest BCUT2D eigenvalue weighted by Gasteiger charge is 2.20. The number of aromatic nitrogens is 3. The van der Waals surface area contributed by atoms with Crippen LogP contribution in [-0.4, -0.2) is 13.7 Å². The van der Waals surface area contributed by atoms with E-state index in [4.69, 9.17) is 4.11 Å². The Hall–Kier alpha value is -6.06. The van der Waals surface area contributed by atoms with Gasteiger partial charge in [-0.25, -0.2) is 0 Å². The Balaban J connectivity index is 1.46. The number of benzene rings is 7. The van der Waals surface area contributed by atoms with E-state index in [0.717, 1.165) is 49.3 Å². The van der Waals surface area contributed by atoms with Gasteiger partial charge in [-0.1, -0.05) is 103 Å². The molecule has 0 aliphatic carbocycles. The van der Waals surface area contributed by atoms with Crippen LogP contribution in [0.1, 0.15) is 9.60 Å². The average Bonchev–Trinajstić information content (AvgIpc) is 3.83. The Morgan fingerprint density at radius 1 is 0.356 bits per heavy atom. The third-order valence-electron chi connectivity index (χ3n) is 8.88. The van der Waals surface area contributed by atoms with Gasteiger partial charge in [0.1, 0.15) is 0 Å². The molecular formula is C42H27N3. The van der Waals surface area contributed by atoms with E-state index in [9.17, 15) is 5.48 Å². The molecule has 0 aliphatic rings. The van der Waals surface area contributed by atoms with Gasteiger partial charge in [-0.3, -0.25) is 0 Å². The fourth-order valence-corrected chi connectivity index (χ4v) is 7.06. The van der Waals surface area contributed by atoms with Gasteiger partial charge in [-0.2, -0.15) is 0 Å². The maximum absolute atomic E-state index is 10.0. The van der Waals surface area contributed by atoms with Crippen molar-refractivity contribution in [1.29, 1.82) is 0 Å². The van der Waals surface area contributed by atoms with E-state index >= 15 is 0 Å². The zero-order valence-electron chi connectivity index (χ0n) is 30.9. The molecule has 7 aromatic carbocycles. The number of hydrogen-bond acceptors (Lipinski definition) is 0. The minimum absolute atomic E-state index is 0.0561. The van der Waals surface area contributed by atoms with E-state index in [0.29, 0.717) is 5.69 Å². The van der Waals surface area contributed by atoms with E-state index in [1.807, 2.05) is 120 Å². The first-order valence-electron chi connectivity index (χ1n) is 18.4. The Morgan fingerprint density at radius 2 is 0.933 bits per heavy atom. The smallest absolute Gasteiger partial charge is 0.0667 e. The molecule has 0 aliphatic heterocycles. The largest absolute Gasteiger partial charge is 0.309 e. The molecular weight excluding hydrogens is 546 g/mol. The molecule has 3 heteroatoms. The lowest BCUT2D eigenvalue weighted by atomic mass is 10.1. The number of hydrogen-bond donors (Lipinski definition) is 0. The number of rotatable bonds is 3. The molecule has 0 fully saturated rings. The lowest BCUT2D eigenvalue weighted by molar-refractivity contribution is 1.16. The second-order valence-electron chi connectivity index (χ2n) is 11.2. The van der Waals surface area contributed by atoms with Crippen molar-refractivity contribution in [2.24, 2.45) is 0 Å². The zero-order valence-corrected chi connectivity index (χ0v) is 23.9. The van der Waals surface area contributed by atoms with Crippen molar-refractivity contribution in [2.45, 2.75) is 0 Å². The lowest BCUT2D eigenvalue weighted by Gasteiger charge is -2.13. The van der Waals surface area contributed by atoms with E-state index in [2.05, 4.69) is 10.6 Å². The SMILES string of the molecule is [2H]c1c([2H])c([2H])c2c(c1[2H])c1c([2H])c([2H])c(-n3c4ccccc4c4ccccc43)c([2H])c1n2-c1cccc2c1c1ccccc1n2-c1ccccc1. The van der Waals surface area contributed by atoms with Crippen LogP contribution >= 0.6 is 0 Å². The minimum atomic E-state index is -0.431. The summed E-state index contributed by atoms with van der Waals surface area (Å²) in [5, 5.41) is 3.90. The molecule has 45 heavy (non-hydrogen) atoms. The maximum atomic E-state index is 10.0. The van der Waals surface area contributed by atoms with Crippen LogP contribution in [0.4, 0.5) is 0 Å². The van der Waals surface area contributed by atoms with Crippen molar-refractivity contribution in [3.05, 3.63) is 164 Å². The van der Waals surface area contributed by atoms with Crippen LogP contribution in [0, 0.1) is 0 Å². The quantitative estimate of drug-likeness (QED) is 0.197. The number of fused-ring (bicyclic) bond motifs is 9. The summed E-state index contributed by atoms with van der Waals surface area (Å²) in [6.07, 6.45) is 0. The van der Waals surface area contributed by atoms with Crippen molar-refractivity contribution in [3.8, 4) is 17.1 Å². The van der Waals surface area contributed by atoms with Gasteiger partial charge >= 0.3 is 0 Å². The third kappa shape index (κ3) is 3.35. The summed E-state index contributed by atoms with van der Waals surface area (Å²) in [4.78, 5) is 0. The second-order valence-corrected chi connectivity index (χ2v) is 11.2. The normalized spacial score (nSPS) is 14.2. The molecule has 0 saturated carbocycles. The molecule has 3 aromatic heterocycles. The topological polar surface area (TPSA) is 14.8 Å². The molecule has 0 unspecified atom stereocenters. The van der Waals surface area contributed by atoms with Crippen molar-refractivity contribution in [1.82, 2.24) is 13.7 Å². The molecule has 0 bridgehead atoms. The molecule has 10 rings (SSSR count). The molecule has 0 saturated heterocycles. The van der Waals surface area contributed by atoms with Crippen LogP contribution in [0.3, 0.4) is 0 Å². The van der Waals surface area contributed by atoms with Crippen LogP contribution < -0.4 is 0 Å². The third-order valence-corrected chi connectivity index (χ3v) is 8.88. The van der Waals surface area contributed by atoms with Crippen molar-refractivity contribution in [2.75, 3.05) is 0 Å². The molecule has 3 nitrogen and oxygen atoms in total. The average molecular weight is 581 g/mol. The van der Waals surface area contributed by atoms with Crippen molar-refractivity contribution < 1.29 is 9.60 Å². The molecule has 210 valence electrons. The molecule has 0 N–H and O–H groups in total. The molecule has 3 heterocycles. The van der Waals surface area contributed by atoms with Crippen LogP contribution in [0.2, 0.25) is 0 Å². The monoisotopic (exact) mass is 580 g/mol. The highest BCUT2D eigenvalue weighted by Crippen LogP contribution is 2.41. The van der Waals surface area contributed by atoms with Crippen LogP contribution in [0.15, 0.2) is 164 Å². The Bertz CT molecular complexity index is 3100. The summed E-state index contributed by atoms with van der Waals surface area (Å²) in [6.45, 7) is 0. The lowest BCUT2D eigenvalue weighted by Crippen LogP contribution is -1.98. The van der Waals surface area contributed by atoms with Crippen LogP contribution in [0.5, 0.6) is 0 Å². The van der Waals surface area contributed by atoms with E-state index in [-0.39, 0.29) is 57.7 Å². The van der Waals surface area contributed by atoms with Gasteiger partial charge in [0.2, 0.25) is 0 Å². The first-order chi connectivity index (χ1) is 25.3. The van der Waals surface area contributed by atoms with E-state index < -0.39 is 12.1 Å². The van der Waals surface area contributed by atoms with Crippen LogP contribution in [0.25, 0.3) is 82.5 Å². The predicted octanol–water partition coefficient (Wildman–Crippen LogP) is 11.0. The molecule has 0 atom stereocenters. The van der Waals surface area contributed by atoms with E-state index in [1.165, 1.54) is 0 Å². The molecule has 10 aromatic rings. The van der Waals surface area contributed by atoms with Gasteiger partial charge < -0.3 is 13.7 Å². The fraction of sp³-hybridized carbons (Fsp3) is 0. The fourth-order valence-electron chi connectivity index (χ4n) is 7.06. The summed E-state index contributed by atoms with van der Waals surface area (Å²) >= 11 is 0. The summed E-state index contributed by atoms with van der Waals surface area (Å²) in [7, 11) is 0. The first-order valence-corrected chi connectivity index (χ1v) is 14.9. The molecule has 0 radical (unpaired) electrons. The summed E-state index contributed by atoms with van der Waals surface area (Å²) in [5.41, 5.74) is 5.55. The Morgan fingerprint density at radius 3 is 1.69 bits per heavy atom. The van der Waals surface area contributed by atoms with Gasteiger partial charge in [0.05, 0.1) is 48.4 Å². The van der Waals surface area contributed by atoms with E-state index in [1.54, 1.807) is 4.57 Å². The Labute approximate surface area is 269 Å². The predicted molar refractivity (Wildman–Crippen MR) is 189 cm³/mol. The Kier molecular flexibility index (Phi) is 3.80. The summed E-state index contributed by atoms with van der Waals surface area (Å²) in [5.74, 6) is 0. The van der Waals surface area contributed by atoms with Gasteiger partial charge in [0.15, 0.2) is 0 Å². The highest BCUT2D eigenvalue weighted by atomic mass is 15.0.